The molecule has 2 fully saturated rings. The highest BCUT2D eigenvalue weighted by molar-refractivity contribution is 7.99. The minimum Gasteiger partial charge on any atom is -0.392 e. The Balaban J connectivity index is 1.38. The highest BCUT2D eigenvalue weighted by Crippen LogP contribution is 2.48. The maximum absolute atomic E-state index is 12.2. The lowest BCUT2D eigenvalue weighted by Gasteiger charge is -2.19. The van der Waals surface area contributed by atoms with Gasteiger partial charge < -0.3 is 15.1 Å². The van der Waals surface area contributed by atoms with Crippen LogP contribution in [0.5, 0.6) is 0 Å². The molecule has 2 N–H and O–H groups in total. The van der Waals surface area contributed by atoms with E-state index in [1.165, 1.54) is 24.8 Å². The number of carbonyl (C=O) groups is 1. The fourth-order valence-corrected chi connectivity index (χ4v) is 6.54. The van der Waals surface area contributed by atoms with Gasteiger partial charge >= 0.3 is 0 Å². The summed E-state index contributed by atoms with van der Waals surface area (Å²) in [6.45, 7) is 6.31. The molecule has 0 aromatic rings. The van der Waals surface area contributed by atoms with E-state index in [1.807, 2.05) is 11.0 Å². The maximum atomic E-state index is 12.2. The minimum atomic E-state index is -0.406. The number of likely N-dealkylation sites (tertiary alicyclic amines) is 1. The number of thioether (sulfide) groups is 1. The number of hydrogen-bond acceptors (Lipinski definition) is 4. The molecular weight excluding hydrogens is 406 g/mol. The molecule has 0 unspecified atom stereocenters. The highest BCUT2D eigenvalue weighted by Gasteiger charge is 2.43. The van der Waals surface area contributed by atoms with Crippen molar-refractivity contribution >= 4 is 17.7 Å². The molecule has 31 heavy (non-hydrogen) atoms. The lowest BCUT2D eigenvalue weighted by Crippen LogP contribution is -2.29. The van der Waals surface area contributed by atoms with Crippen LogP contribution in [0.15, 0.2) is 23.8 Å². The number of amides is 1. The summed E-state index contributed by atoms with van der Waals surface area (Å²) in [6.07, 6.45) is 15.4. The van der Waals surface area contributed by atoms with Crippen molar-refractivity contribution in [1.82, 2.24) is 4.90 Å². The van der Waals surface area contributed by atoms with Crippen LogP contribution in [0, 0.1) is 23.7 Å². The van der Waals surface area contributed by atoms with Crippen molar-refractivity contribution in [2.45, 2.75) is 83.8 Å². The molecule has 1 saturated carbocycles. The molecule has 6 atom stereocenters. The first-order chi connectivity index (χ1) is 15.0. The van der Waals surface area contributed by atoms with E-state index in [2.05, 4.69) is 26.0 Å². The van der Waals surface area contributed by atoms with Gasteiger partial charge in [0.2, 0.25) is 5.91 Å². The Bertz CT molecular complexity index is 628. The van der Waals surface area contributed by atoms with Gasteiger partial charge in [0.25, 0.3) is 0 Å². The number of hydrogen-bond donors (Lipinski definition) is 2. The fourth-order valence-electron chi connectivity index (χ4n) is 5.63. The fraction of sp³-hybridized carbons (Fsp3) is 0.808. The van der Waals surface area contributed by atoms with Gasteiger partial charge in [0.1, 0.15) is 0 Å². The molecule has 4 nitrogen and oxygen atoms in total. The third kappa shape index (κ3) is 7.36. The van der Waals surface area contributed by atoms with Gasteiger partial charge in [0.05, 0.1) is 18.0 Å². The Morgan fingerprint density at radius 1 is 1.35 bits per heavy atom. The number of carbonyl (C=O) groups excluding carboxylic acids is 1. The smallest absolute Gasteiger partial charge is 0.232 e. The Kier molecular flexibility index (Phi) is 9.99. The second kappa shape index (κ2) is 12.5. The zero-order chi connectivity index (χ0) is 22.2. The number of allylic oxidation sites excluding steroid dienone is 2. The monoisotopic (exact) mass is 449 g/mol. The molecule has 0 radical (unpaired) electrons. The van der Waals surface area contributed by atoms with E-state index in [9.17, 15) is 15.0 Å². The summed E-state index contributed by atoms with van der Waals surface area (Å²) in [5, 5.41) is 21.0. The summed E-state index contributed by atoms with van der Waals surface area (Å²) in [4.78, 5) is 14.2. The van der Waals surface area contributed by atoms with Crippen molar-refractivity contribution in [2.24, 2.45) is 23.7 Å². The number of unbranched alkanes of at least 4 members (excludes halogenated alkanes) is 1. The first-order valence-corrected chi connectivity index (χ1v) is 13.7. The van der Waals surface area contributed by atoms with Crippen LogP contribution in [-0.4, -0.2) is 57.8 Å². The summed E-state index contributed by atoms with van der Waals surface area (Å²) in [5.41, 5.74) is 1.50. The van der Waals surface area contributed by atoms with E-state index in [0.29, 0.717) is 29.4 Å². The number of aliphatic hydroxyl groups is 2. The lowest BCUT2D eigenvalue weighted by molar-refractivity contribution is -0.127. The van der Waals surface area contributed by atoms with Crippen molar-refractivity contribution in [3.05, 3.63) is 23.8 Å². The van der Waals surface area contributed by atoms with Crippen LogP contribution in [-0.2, 0) is 4.79 Å². The van der Waals surface area contributed by atoms with Gasteiger partial charge in [-0.3, -0.25) is 4.79 Å². The summed E-state index contributed by atoms with van der Waals surface area (Å²) in [7, 11) is 0. The van der Waals surface area contributed by atoms with Crippen molar-refractivity contribution in [2.75, 3.05) is 24.6 Å². The average molecular weight is 450 g/mol. The van der Waals surface area contributed by atoms with Gasteiger partial charge in [-0.05, 0) is 62.0 Å². The molecule has 0 aromatic carbocycles. The van der Waals surface area contributed by atoms with Crippen LogP contribution >= 0.6 is 11.8 Å². The molecule has 1 amide bonds. The molecule has 1 saturated heterocycles. The molecular formula is C26H43NO3S. The van der Waals surface area contributed by atoms with Gasteiger partial charge in [-0.15, -0.1) is 0 Å². The van der Waals surface area contributed by atoms with Gasteiger partial charge in [0.15, 0.2) is 0 Å². The van der Waals surface area contributed by atoms with Crippen LogP contribution in [0.2, 0.25) is 0 Å². The standard InChI is InChI=1S/C26H43NO3S/c1-3-4-7-19(2)14-22(28)8-9-23-24-16-20(15-21(24)17-25(23)29)10-13-31-18-26(30)27-11-5-6-12-27/h8-9,15,19,21-25,28-29H,3-7,10-14,16-18H2,1-2H3/b9-8+/t19-,21-,22+,23+,24-,25+/m0/s1. The molecule has 1 heterocycles. The van der Waals surface area contributed by atoms with Crippen molar-refractivity contribution in [3.8, 4) is 0 Å². The zero-order valence-electron chi connectivity index (χ0n) is 19.5. The molecule has 1 aliphatic heterocycles. The number of fused-ring (bicyclic) bond motifs is 1. The van der Waals surface area contributed by atoms with Crippen molar-refractivity contribution in [1.29, 1.82) is 0 Å². The Hall–Kier alpha value is -0.780. The van der Waals surface area contributed by atoms with Crippen LogP contribution in [0.25, 0.3) is 0 Å². The first kappa shape index (κ1) is 24.9. The van der Waals surface area contributed by atoms with Gasteiger partial charge in [-0.1, -0.05) is 56.9 Å². The molecule has 2 aliphatic carbocycles. The predicted molar refractivity (Wildman–Crippen MR) is 130 cm³/mol. The lowest BCUT2D eigenvalue weighted by atomic mass is 9.88. The predicted octanol–water partition coefficient (Wildman–Crippen LogP) is 4.81. The maximum Gasteiger partial charge on any atom is 0.232 e. The molecule has 3 aliphatic rings. The SMILES string of the molecule is CCCC[C@H](C)C[C@H](O)/C=C/[C@@H]1[C@H]2CC(CCSCC(=O)N3CCCC3)=C[C@H]2C[C@H]1O. The first-order valence-electron chi connectivity index (χ1n) is 12.6. The van der Waals surface area contributed by atoms with Gasteiger partial charge in [-0.25, -0.2) is 0 Å². The highest BCUT2D eigenvalue weighted by atomic mass is 32.2. The molecule has 5 heteroatoms. The normalized spacial score (nSPS) is 30.1. The second-order valence-corrected chi connectivity index (χ2v) is 11.2. The van der Waals surface area contributed by atoms with Crippen LogP contribution in [0.1, 0.15) is 71.6 Å². The minimum absolute atomic E-state index is 0.156. The quantitative estimate of drug-likeness (QED) is 0.332. The third-order valence-corrected chi connectivity index (χ3v) is 8.40. The summed E-state index contributed by atoms with van der Waals surface area (Å²) < 4.78 is 0. The van der Waals surface area contributed by atoms with E-state index in [1.54, 1.807) is 11.8 Å². The van der Waals surface area contributed by atoms with Crippen molar-refractivity contribution < 1.29 is 15.0 Å². The van der Waals surface area contributed by atoms with Crippen molar-refractivity contribution in [3.63, 3.8) is 0 Å². The zero-order valence-corrected chi connectivity index (χ0v) is 20.4. The average Bonchev–Trinajstić information content (AvgIpc) is 3.45. The topological polar surface area (TPSA) is 60.8 Å². The summed E-state index contributed by atoms with van der Waals surface area (Å²) in [5.74, 6) is 3.55. The molecule has 0 bridgehead atoms. The third-order valence-electron chi connectivity index (χ3n) is 7.45. The van der Waals surface area contributed by atoms with E-state index < -0.39 is 6.10 Å². The Morgan fingerprint density at radius 2 is 2.13 bits per heavy atom. The Labute approximate surface area is 193 Å². The van der Waals surface area contributed by atoms with E-state index in [4.69, 9.17) is 0 Å². The van der Waals surface area contributed by atoms with E-state index in [0.717, 1.165) is 57.4 Å². The van der Waals surface area contributed by atoms with Crippen LogP contribution in [0.3, 0.4) is 0 Å². The van der Waals surface area contributed by atoms with Gasteiger partial charge in [0, 0.05) is 19.0 Å². The van der Waals surface area contributed by atoms with E-state index >= 15 is 0 Å². The Morgan fingerprint density at radius 3 is 2.87 bits per heavy atom. The largest absolute Gasteiger partial charge is 0.392 e. The van der Waals surface area contributed by atoms with Crippen LogP contribution < -0.4 is 0 Å². The number of nitrogens with zero attached hydrogens (tertiary/aromatic N) is 1. The number of rotatable bonds is 12. The molecule has 3 rings (SSSR count). The van der Waals surface area contributed by atoms with Crippen LogP contribution in [0.4, 0.5) is 0 Å². The summed E-state index contributed by atoms with van der Waals surface area (Å²) in [6, 6.07) is 0. The second-order valence-electron chi connectivity index (χ2n) is 10.1. The molecule has 0 spiro atoms. The van der Waals surface area contributed by atoms with E-state index in [-0.39, 0.29) is 12.0 Å². The summed E-state index contributed by atoms with van der Waals surface area (Å²) >= 11 is 1.76. The molecule has 0 aromatic heterocycles. The number of aliphatic hydroxyl groups excluding tert-OH is 2. The van der Waals surface area contributed by atoms with Gasteiger partial charge in [-0.2, -0.15) is 11.8 Å². The molecule has 176 valence electrons.